The van der Waals surface area contributed by atoms with Crippen LogP contribution in [0.25, 0.3) is 33.4 Å². The number of para-hydroxylation sites is 1. The SMILES string of the molecule is Fc1ccc(-c2nc3n(c2-c2ccncc2)C(COc2ccc4ccccc4n2)CC3)cc1. The molecule has 0 aliphatic carbocycles. The smallest absolute Gasteiger partial charge is 0.213 e. The van der Waals surface area contributed by atoms with Gasteiger partial charge in [-0.1, -0.05) is 18.2 Å². The molecule has 5 aromatic rings. The van der Waals surface area contributed by atoms with Crippen molar-refractivity contribution in [2.24, 2.45) is 0 Å². The molecule has 0 fully saturated rings. The van der Waals surface area contributed by atoms with Crippen molar-refractivity contribution < 1.29 is 9.13 Å². The fourth-order valence-electron chi connectivity index (χ4n) is 4.54. The normalized spacial score (nSPS) is 15.0. The van der Waals surface area contributed by atoms with Gasteiger partial charge in [-0.2, -0.15) is 0 Å². The zero-order valence-electron chi connectivity index (χ0n) is 17.9. The number of halogens is 1. The lowest BCUT2D eigenvalue weighted by atomic mass is 10.0. The predicted octanol–water partition coefficient (Wildman–Crippen LogP) is 5.87. The van der Waals surface area contributed by atoms with Crippen LogP contribution in [-0.2, 0) is 6.42 Å². The highest BCUT2D eigenvalue weighted by molar-refractivity contribution is 5.80. The van der Waals surface area contributed by atoms with Gasteiger partial charge in [0.05, 0.1) is 22.9 Å². The Hall–Kier alpha value is -4.06. The van der Waals surface area contributed by atoms with Crippen molar-refractivity contribution in [1.29, 1.82) is 0 Å². The zero-order chi connectivity index (χ0) is 22.2. The Bertz CT molecular complexity index is 1430. The standard InChI is InChI=1S/C27H21FN4O/c28-21-8-5-19(6-9-21)26-27(20-13-15-29-16-14-20)32-22(10-11-24(32)31-26)17-33-25-12-7-18-3-1-2-4-23(18)30-25/h1-9,12-16,22H,10-11,17H2. The highest BCUT2D eigenvalue weighted by Crippen LogP contribution is 2.39. The van der Waals surface area contributed by atoms with Crippen molar-refractivity contribution >= 4 is 10.9 Å². The molecule has 0 amide bonds. The Balaban J connectivity index is 1.36. The molecule has 0 N–H and O–H groups in total. The molecule has 4 heterocycles. The molecule has 0 saturated heterocycles. The summed E-state index contributed by atoms with van der Waals surface area (Å²) in [6.07, 6.45) is 5.36. The van der Waals surface area contributed by atoms with Crippen LogP contribution in [0.15, 0.2) is 85.2 Å². The van der Waals surface area contributed by atoms with E-state index in [1.165, 1.54) is 12.1 Å². The van der Waals surface area contributed by atoms with Crippen molar-refractivity contribution in [3.05, 3.63) is 96.8 Å². The van der Waals surface area contributed by atoms with E-state index in [1.807, 2.05) is 48.5 Å². The first-order valence-corrected chi connectivity index (χ1v) is 11.0. The van der Waals surface area contributed by atoms with Crippen LogP contribution in [0, 0.1) is 5.82 Å². The molecule has 1 atom stereocenters. The van der Waals surface area contributed by atoms with E-state index in [1.54, 1.807) is 24.5 Å². The van der Waals surface area contributed by atoms with Crippen LogP contribution in [0.1, 0.15) is 18.3 Å². The van der Waals surface area contributed by atoms with Gasteiger partial charge >= 0.3 is 0 Å². The summed E-state index contributed by atoms with van der Waals surface area (Å²) in [5.41, 5.74) is 4.70. The first-order chi connectivity index (χ1) is 16.3. The van der Waals surface area contributed by atoms with E-state index in [9.17, 15) is 4.39 Å². The molecule has 33 heavy (non-hydrogen) atoms. The van der Waals surface area contributed by atoms with Crippen LogP contribution < -0.4 is 4.74 Å². The molecule has 0 saturated carbocycles. The molecule has 2 aromatic carbocycles. The first-order valence-electron chi connectivity index (χ1n) is 11.0. The van der Waals surface area contributed by atoms with E-state index in [4.69, 9.17) is 9.72 Å². The minimum atomic E-state index is -0.259. The second kappa shape index (κ2) is 8.13. The maximum absolute atomic E-state index is 13.6. The van der Waals surface area contributed by atoms with Crippen LogP contribution in [0.3, 0.4) is 0 Å². The maximum atomic E-state index is 13.6. The van der Waals surface area contributed by atoms with E-state index < -0.39 is 0 Å². The molecule has 6 heteroatoms. The van der Waals surface area contributed by atoms with Gasteiger partial charge in [-0.25, -0.2) is 14.4 Å². The molecule has 6 rings (SSSR count). The average molecular weight is 436 g/mol. The Labute approximate surface area is 190 Å². The second-order valence-electron chi connectivity index (χ2n) is 8.18. The van der Waals surface area contributed by atoms with Gasteiger partial charge in [-0.05, 0) is 55.0 Å². The van der Waals surface area contributed by atoms with Gasteiger partial charge < -0.3 is 9.30 Å². The van der Waals surface area contributed by atoms with Crippen molar-refractivity contribution in [3.63, 3.8) is 0 Å². The lowest BCUT2D eigenvalue weighted by Crippen LogP contribution is -2.15. The Kier molecular flexibility index (Phi) is 4.83. The third kappa shape index (κ3) is 3.63. The largest absolute Gasteiger partial charge is 0.475 e. The lowest BCUT2D eigenvalue weighted by molar-refractivity contribution is 0.248. The van der Waals surface area contributed by atoms with Gasteiger partial charge in [0, 0.05) is 41.4 Å². The summed E-state index contributed by atoms with van der Waals surface area (Å²) in [6.45, 7) is 0.496. The third-order valence-electron chi connectivity index (χ3n) is 6.12. The fraction of sp³-hybridized carbons (Fsp3) is 0.148. The number of aryl methyl sites for hydroxylation is 1. The molecule has 3 aromatic heterocycles. The molecule has 0 bridgehead atoms. The summed E-state index contributed by atoms with van der Waals surface area (Å²) in [5.74, 6) is 1.37. The summed E-state index contributed by atoms with van der Waals surface area (Å²) >= 11 is 0. The quantitative estimate of drug-likeness (QED) is 0.346. The molecule has 1 aliphatic rings. The van der Waals surface area contributed by atoms with Crippen LogP contribution in [-0.4, -0.2) is 26.1 Å². The van der Waals surface area contributed by atoms with E-state index >= 15 is 0 Å². The topological polar surface area (TPSA) is 52.8 Å². The fourth-order valence-corrected chi connectivity index (χ4v) is 4.54. The number of aromatic nitrogens is 4. The molecule has 0 radical (unpaired) electrons. The van der Waals surface area contributed by atoms with Crippen molar-refractivity contribution in [1.82, 2.24) is 19.5 Å². The van der Waals surface area contributed by atoms with Gasteiger partial charge in [0.2, 0.25) is 5.88 Å². The van der Waals surface area contributed by atoms with Crippen LogP contribution in [0.4, 0.5) is 4.39 Å². The third-order valence-corrected chi connectivity index (χ3v) is 6.12. The predicted molar refractivity (Wildman–Crippen MR) is 125 cm³/mol. The van der Waals surface area contributed by atoms with E-state index in [0.717, 1.165) is 52.1 Å². The monoisotopic (exact) mass is 436 g/mol. The second-order valence-corrected chi connectivity index (χ2v) is 8.18. The minimum absolute atomic E-state index is 0.123. The van der Waals surface area contributed by atoms with Gasteiger partial charge in [0.15, 0.2) is 0 Å². The number of benzene rings is 2. The molecule has 162 valence electrons. The molecular formula is C27H21FN4O. The summed E-state index contributed by atoms with van der Waals surface area (Å²) < 4.78 is 22.0. The number of imidazole rings is 1. The number of fused-ring (bicyclic) bond motifs is 2. The summed E-state index contributed by atoms with van der Waals surface area (Å²) in [4.78, 5) is 13.8. The maximum Gasteiger partial charge on any atom is 0.213 e. The highest BCUT2D eigenvalue weighted by atomic mass is 19.1. The molecular weight excluding hydrogens is 415 g/mol. The molecule has 5 nitrogen and oxygen atoms in total. The molecule has 1 aliphatic heterocycles. The highest BCUT2D eigenvalue weighted by Gasteiger charge is 2.30. The van der Waals surface area contributed by atoms with E-state index in [2.05, 4.69) is 14.5 Å². The van der Waals surface area contributed by atoms with Crippen LogP contribution >= 0.6 is 0 Å². The number of rotatable bonds is 5. The lowest BCUT2D eigenvalue weighted by Gasteiger charge is -2.18. The first kappa shape index (κ1) is 19.6. The number of ether oxygens (including phenoxy) is 1. The van der Waals surface area contributed by atoms with Gasteiger partial charge in [0.25, 0.3) is 0 Å². The number of hydrogen-bond donors (Lipinski definition) is 0. The van der Waals surface area contributed by atoms with E-state index in [-0.39, 0.29) is 11.9 Å². The van der Waals surface area contributed by atoms with Crippen molar-refractivity contribution in [2.45, 2.75) is 18.9 Å². The Morgan fingerprint density at radius 3 is 2.55 bits per heavy atom. The number of pyridine rings is 2. The Morgan fingerprint density at radius 2 is 1.70 bits per heavy atom. The number of nitrogens with zero attached hydrogens (tertiary/aromatic N) is 4. The van der Waals surface area contributed by atoms with Crippen LogP contribution in [0.5, 0.6) is 5.88 Å². The summed E-state index contributed by atoms with van der Waals surface area (Å²) in [5, 5.41) is 1.09. The molecule has 1 unspecified atom stereocenters. The van der Waals surface area contributed by atoms with Gasteiger partial charge in [-0.15, -0.1) is 0 Å². The van der Waals surface area contributed by atoms with E-state index in [0.29, 0.717) is 12.5 Å². The summed E-state index contributed by atoms with van der Waals surface area (Å²) in [6, 6.07) is 22.6. The van der Waals surface area contributed by atoms with Gasteiger partial charge in [0.1, 0.15) is 18.2 Å². The average Bonchev–Trinajstić information content (AvgIpc) is 3.43. The minimum Gasteiger partial charge on any atom is -0.475 e. The zero-order valence-corrected chi connectivity index (χ0v) is 17.9. The van der Waals surface area contributed by atoms with Crippen molar-refractivity contribution in [3.8, 4) is 28.4 Å². The van der Waals surface area contributed by atoms with Gasteiger partial charge in [-0.3, -0.25) is 4.98 Å². The van der Waals surface area contributed by atoms with Crippen molar-refractivity contribution in [2.75, 3.05) is 6.61 Å². The number of hydrogen-bond acceptors (Lipinski definition) is 4. The Morgan fingerprint density at radius 1 is 0.879 bits per heavy atom. The molecule has 0 spiro atoms. The summed E-state index contributed by atoms with van der Waals surface area (Å²) in [7, 11) is 0. The van der Waals surface area contributed by atoms with Crippen LogP contribution in [0.2, 0.25) is 0 Å².